The summed E-state index contributed by atoms with van der Waals surface area (Å²) in [4.78, 5) is 11.2. The molecule has 0 saturated carbocycles. The third kappa shape index (κ3) is 2.77. The fourth-order valence-corrected chi connectivity index (χ4v) is 2.05. The van der Waals surface area contributed by atoms with Crippen LogP contribution < -0.4 is 10.4 Å². The summed E-state index contributed by atoms with van der Waals surface area (Å²) in [6, 6.07) is 17.8. The highest BCUT2D eigenvalue weighted by Gasteiger charge is 2.04. The van der Waals surface area contributed by atoms with Crippen LogP contribution in [0.3, 0.4) is 0 Å². The average molecular weight is 277 g/mol. The number of rotatable bonds is 3. The monoisotopic (exact) mass is 277 g/mol. The molecule has 2 aromatic carbocycles. The van der Waals surface area contributed by atoms with Gasteiger partial charge in [0.1, 0.15) is 17.9 Å². The molecule has 4 nitrogen and oxygen atoms in total. The molecule has 0 atom stereocenters. The van der Waals surface area contributed by atoms with Gasteiger partial charge in [-0.2, -0.15) is 5.26 Å². The van der Waals surface area contributed by atoms with Crippen LogP contribution in [0.5, 0.6) is 5.75 Å². The van der Waals surface area contributed by atoms with Gasteiger partial charge >= 0.3 is 5.63 Å². The van der Waals surface area contributed by atoms with Crippen LogP contribution in [0.15, 0.2) is 63.8 Å². The van der Waals surface area contributed by atoms with Gasteiger partial charge in [-0.15, -0.1) is 0 Å². The molecular weight excluding hydrogens is 266 g/mol. The first-order valence-electron chi connectivity index (χ1n) is 6.41. The summed E-state index contributed by atoms with van der Waals surface area (Å²) in [7, 11) is 0. The Morgan fingerprint density at radius 2 is 1.90 bits per heavy atom. The molecule has 1 aromatic heterocycles. The lowest BCUT2D eigenvalue weighted by molar-refractivity contribution is 0.306. The molecule has 0 spiro atoms. The maximum absolute atomic E-state index is 11.2. The molecule has 0 aliphatic carbocycles. The van der Waals surface area contributed by atoms with E-state index in [1.54, 1.807) is 24.3 Å². The molecular formula is C17H11NO3. The van der Waals surface area contributed by atoms with E-state index >= 15 is 0 Å². The molecule has 0 bridgehead atoms. The Bertz CT molecular complexity index is 890. The fraction of sp³-hybridized carbons (Fsp3) is 0.0588. The molecule has 3 aromatic rings. The largest absolute Gasteiger partial charge is 0.489 e. The number of fused-ring (bicyclic) bond motifs is 1. The maximum Gasteiger partial charge on any atom is 0.336 e. The molecule has 0 amide bonds. The van der Waals surface area contributed by atoms with Crippen molar-refractivity contribution in [3.8, 4) is 11.8 Å². The van der Waals surface area contributed by atoms with E-state index in [0.29, 0.717) is 16.9 Å². The summed E-state index contributed by atoms with van der Waals surface area (Å²) >= 11 is 0. The van der Waals surface area contributed by atoms with Gasteiger partial charge in [0.2, 0.25) is 0 Å². The molecule has 0 saturated heterocycles. The smallest absolute Gasteiger partial charge is 0.336 e. The highest BCUT2D eigenvalue weighted by atomic mass is 16.5. The molecule has 1 heterocycles. The maximum atomic E-state index is 11.2. The third-order valence-corrected chi connectivity index (χ3v) is 3.13. The molecule has 0 fully saturated rings. The zero-order chi connectivity index (χ0) is 14.7. The van der Waals surface area contributed by atoms with Gasteiger partial charge in [-0.3, -0.25) is 0 Å². The lowest BCUT2D eigenvalue weighted by atomic mass is 10.1. The number of hydrogen-bond donors (Lipinski definition) is 0. The van der Waals surface area contributed by atoms with Gasteiger partial charge in [-0.1, -0.05) is 18.2 Å². The zero-order valence-corrected chi connectivity index (χ0v) is 11.1. The molecule has 0 aliphatic heterocycles. The highest BCUT2D eigenvalue weighted by molar-refractivity contribution is 5.77. The van der Waals surface area contributed by atoms with Crippen LogP contribution >= 0.6 is 0 Å². The fourth-order valence-electron chi connectivity index (χ4n) is 2.05. The first-order valence-corrected chi connectivity index (χ1v) is 6.41. The average Bonchev–Trinajstić information content (AvgIpc) is 2.52. The summed E-state index contributed by atoms with van der Waals surface area (Å²) < 4.78 is 10.8. The molecule has 3 rings (SSSR count). The van der Waals surface area contributed by atoms with Crippen molar-refractivity contribution < 1.29 is 9.15 Å². The highest BCUT2D eigenvalue weighted by Crippen LogP contribution is 2.21. The third-order valence-electron chi connectivity index (χ3n) is 3.13. The molecule has 4 heteroatoms. The Morgan fingerprint density at radius 1 is 1.10 bits per heavy atom. The standard InChI is InChI=1S/C17H11NO3/c18-10-13-3-1-2-4-14(13)11-20-15-7-5-12-6-8-17(19)21-16(12)9-15/h1-9H,11H2. The molecule has 0 aliphatic rings. The van der Waals surface area contributed by atoms with E-state index in [1.807, 2.05) is 24.3 Å². The Morgan fingerprint density at radius 3 is 2.76 bits per heavy atom. The predicted molar refractivity (Wildman–Crippen MR) is 78.0 cm³/mol. The summed E-state index contributed by atoms with van der Waals surface area (Å²) in [5.41, 5.74) is 1.49. The van der Waals surface area contributed by atoms with Crippen LogP contribution in [0.4, 0.5) is 0 Å². The Hall–Kier alpha value is -3.06. The second-order valence-corrected chi connectivity index (χ2v) is 4.51. The lowest BCUT2D eigenvalue weighted by Gasteiger charge is -2.08. The molecule has 21 heavy (non-hydrogen) atoms. The topological polar surface area (TPSA) is 63.2 Å². The van der Waals surface area contributed by atoms with Gasteiger partial charge in [0.15, 0.2) is 0 Å². The van der Waals surface area contributed by atoms with Crippen LogP contribution in [0, 0.1) is 11.3 Å². The van der Waals surface area contributed by atoms with Crippen molar-refractivity contribution in [3.05, 3.63) is 76.1 Å². The second kappa shape index (κ2) is 5.51. The molecule has 102 valence electrons. The molecule has 0 N–H and O–H groups in total. The van der Waals surface area contributed by atoms with Crippen molar-refractivity contribution in [1.29, 1.82) is 5.26 Å². The van der Waals surface area contributed by atoms with Gasteiger partial charge in [0.25, 0.3) is 0 Å². The van der Waals surface area contributed by atoms with Crippen LogP contribution in [0.25, 0.3) is 11.0 Å². The number of benzene rings is 2. The predicted octanol–water partition coefficient (Wildman–Crippen LogP) is 3.24. The summed E-state index contributed by atoms with van der Waals surface area (Å²) in [5, 5.41) is 9.86. The SMILES string of the molecule is N#Cc1ccccc1COc1ccc2ccc(=O)oc2c1. The van der Waals surface area contributed by atoms with Crippen LogP contribution in [-0.4, -0.2) is 0 Å². The van der Waals surface area contributed by atoms with E-state index in [-0.39, 0.29) is 6.61 Å². The Labute approximate surface area is 120 Å². The zero-order valence-electron chi connectivity index (χ0n) is 11.1. The minimum Gasteiger partial charge on any atom is -0.489 e. The minimum atomic E-state index is -0.394. The first kappa shape index (κ1) is 12.9. The Kier molecular flexibility index (Phi) is 3.40. The van der Waals surface area contributed by atoms with Crippen molar-refractivity contribution >= 4 is 11.0 Å². The van der Waals surface area contributed by atoms with Gasteiger partial charge in [0, 0.05) is 23.1 Å². The van der Waals surface area contributed by atoms with E-state index in [0.717, 1.165) is 10.9 Å². The quantitative estimate of drug-likeness (QED) is 0.689. The summed E-state index contributed by atoms with van der Waals surface area (Å²) in [5.74, 6) is 0.588. The number of ether oxygens (including phenoxy) is 1. The van der Waals surface area contributed by atoms with Gasteiger partial charge in [-0.25, -0.2) is 4.79 Å². The van der Waals surface area contributed by atoms with Crippen molar-refractivity contribution in [2.45, 2.75) is 6.61 Å². The minimum absolute atomic E-state index is 0.284. The number of hydrogen-bond acceptors (Lipinski definition) is 4. The van der Waals surface area contributed by atoms with Crippen molar-refractivity contribution in [2.75, 3.05) is 0 Å². The summed E-state index contributed by atoms with van der Waals surface area (Å²) in [6.45, 7) is 0.284. The van der Waals surface area contributed by atoms with Gasteiger partial charge in [-0.05, 0) is 24.3 Å². The van der Waals surface area contributed by atoms with Crippen molar-refractivity contribution in [1.82, 2.24) is 0 Å². The summed E-state index contributed by atoms with van der Waals surface area (Å²) in [6.07, 6.45) is 0. The van der Waals surface area contributed by atoms with Crippen molar-refractivity contribution in [3.63, 3.8) is 0 Å². The first-order chi connectivity index (χ1) is 10.3. The van der Waals surface area contributed by atoms with E-state index in [1.165, 1.54) is 6.07 Å². The normalized spacial score (nSPS) is 10.2. The van der Waals surface area contributed by atoms with E-state index < -0.39 is 5.63 Å². The van der Waals surface area contributed by atoms with Crippen LogP contribution in [0.2, 0.25) is 0 Å². The van der Waals surface area contributed by atoms with E-state index in [2.05, 4.69) is 6.07 Å². The Balaban J connectivity index is 1.85. The lowest BCUT2D eigenvalue weighted by Crippen LogP contribution is -1.99. The number of nitriles is 1. The van der Waals surface area contributed by atoms with Crippen LogP contribution in [-0.2, 0) is 6.61 Å². The van der Waals surface area contributed by atoms with Crippen molar-refractivity contribution in [2.24, 2.45) is 0 Å². The van der Waals surface area contributed by atoms with E-state index in [4.69, 9.17) is 14.4 Å². The van der Waals surface area contributed by atoms with E-state index in [9.17, 15) is 4.79 Å². The number of nitrogens with zero attached hydrogens (tertiary/aromatic N) is 1. The van der Waals surface area contributed by atoms with Crippen LogP contribution in [0.1, 0.15) is 11.1 Å². The molecule has 0 radical (unpaired) electrons. The molecule has 0 unspecified atom stereocenters. The van der Waals surface area contributed by atoms with Gasteiger partial charge in [0.05, 0.1) is 11.6 Å². The van der Waals surface area contributed by atoms with Gasteiger partial charge < -0.3 is 9.15 Å². The second-order valence-electron chi connectivity index (χ2n) is 4.51.